The first-order chi connectivity index (χ1) is 14.2. The molecule has 1 saturated heterocycles. The van der Waals surface area contributed by atoms with Crippen LogP contribution in [0.2, 0.25) is 0 Å². The van der Waals surface area contributed by atoms with Gasteiger partial charge in [0.05, 0.1) is 10.9 Å². The van der Waals surface area contributed by atoms with Crippen LogP contribution in [0.15, 0.2) is 35.5 Å². The molecule has 4 rings (SSSR count). The van der Waals surface area contributed by atoms with Crippen molar-refractivity contribution in [1.29, 1.82) is 0 Å². The molecule has 0 spiro atoms. The maximum absolute atomic E-state index is 12.8. The average molecular weight is 414 g/mol. The van der Waals surface area contributed by atoms with Crippen LogP contribution in [0.3, 0.4) is 0 Å². The molecule has 6 nitrogen and oxygen atoms in total. The number of piperidine rings is 1. The van der Waals surface area contributed by atoms with Crippen molar-refractivity contribution in [3.05, 3.63) is 30.3 Å². The van der Waals surface area contributed by atoms with Gasteiger partial charge in [-0.1, -0.05) is 49.2 Å². The van der Waals surface area contributed by atoms with Gasteiger partial charge in [-0.25, -0.2) is 0 Å². The maximum atomic E-state index is 12.8. The molecule has 1 aliphatic heterocycles. The number of nitrogens with one attached hydrogen (secondary N) is 1. The summed E-state index contributed by atoms with van der Waals surface area (Å²) >= 11 is 1.50. The molecule has 2 fully saturated rings. The second kappa shape index (κ2) is 9.65. The smallest absolute Gasteiger partial charge is 0.233 e. The number of hydrogen-bond acceptors (Lipinski definition) is 5. The number of carbonyl (C=O) groups is 1. The summed E-state index contributed by atoms with van der Waals surface area (Å²) in [7, 11) is 0. The van der Waals surface area contributed by atoms with Crippen LogP contribution < -0.4 is 10.2 Å². The predicted molar refractivity (Wildman–Crippen MR) is 118 cm³/mol. The highest BCUT2D eigenvalue weighted by atomic mass is 32.2. The van der Waals surface area contributed by atoms with Crippen molar-refractivity contribution in [3.63, 3.8) is 0 Å². The number of thioether (sulfide) groups is 1. The van der Waals surface area contributed by atoms with E-state index in [4.69, 9.17) is 0 Å². The minimum absolute atomic E-state index is 0.101. The zero-order valence-corrected chi connectivity index (χ0v) is 18.0. The Morgan fingerprint density at radius 2 is 1.72 bits per heavy atom. The van der Waals surface area contributed by atoms with Crippen molar-refractivity contribution in [2.75, 3.05) is 18.0 Å². The first-order valence-corrected chi connectivity index (χ1v) is 11.8. The fraction of sp³-hybridized carbons (Fsp3) is 0.591. The summed E-state index contributed by atoms with van der Waals surface area (Å²) in [5.74, 6) is 0.988. The minimum Gasteiger partial charge on any atom is -0.352 e. The van der Waals surface area contributed by atoms with Crippen LogP contribution in [0.5, 0.6) is 0 Å². The van der Waals surface area contributed by atoms with E-state index in [0.717, 1.165) is 42.7 Å². The lowest BCUT2D eigenvalue weighted by Crippen LogP contribution is -2.40. The Kier molecular flexibility index (Phi) is 6.74. The molecular weight excluding hydrogens is 382 g/mol. The number of carbonyl (C=O) groups excluding carboxylic acids is 1. The molecule has 29 heavy (non-hydrogen) atoms. The molecule has 2 heterocycles. The molecule has 156 valence electrons. The molecule has 1 saturated carbocycles. The van der Waals surface area contributed by atoms with Crippen LogP contribution in [0.1, 0.15) is 58.3 Å². The third kappa shape index (κ3) is 4.94. The van der Waals surface area contributed by atoms with Gasteiger partial charge in [0.15, 0.2) is 5.16 Å². The Morgan fingerprint density at radius 1 is 1.03 bits per heavy atom. The summed E-state index contributed by atoms with van der Waals surface area (Å²) in [6, 6.07) is 10.6. The molecule has 1 aromatic heterocycles. The van der Waals surface area contributed by atoms with Crippen molar-refractivity contribution in [3.8, 4) is 5.69 Å². The van der Waals surface area contributed by atoms with Gasteiger partial charge in [-0.2, -0.15) is 0 Å². The minimum atomic E-state index is -0.210. The molecule has 2 aliphatic rings. The second-order valence-corrected chi connectivity index (χ2v) is 9.41. The van der Waals surface area contributed by atoms with E-state index in [9.17, 15) is 4.79 Å². The summed E-state index contributed by atoms with van der Waals surface area (Å²) in [5, 5.41) is 12.8. The lowest BCUT2D eigenvalue weighted by Gasteiger charge is -2.28. The number of para-hydroxylation sites is 1. The Morgan fingerprint density at radius 3 is 2.45 bits per heavy atom. The first kappa shape index (κ1) is 20.3. The second-order valence-electron chi connectivity index (χ2n) is 8.10. The van der Waals surface area contributed by atoms with Gasteiger partial charge in [-0.3, -0.25) is 9.36 Å². The zero-order chi connectivity index (χ0) is 20.1. The Labute approximate surface area is 177 Å². The molecule has 1 amide bonds. The molecular formula is C22H31N5OS. The van der Waals surface area contributed by atoms with Gasteiger partial charge in [0.25, 0.3) is 0 Å². The van der Waals surface area contributed by atoms with Crippen molar-refractivity contribution in [2.45, 2.75) is 74.7 Å². The summed E-state index contributed by atoms with van der Waals surface area (Å²) in [5.41, 5.74) is 1.04. The topological polar surface area (TPSA) is 63.1 Å². The number of benzene rings is 1. The highest BCUT2D eigenvalue weighted by molar-refractivity contribution is 8.00. The van der Waals surface area contributed by atoms with Gasteiger partial charge < -0.3 is 10.2 Å². The summed E-state index contributed by atoms with van der Waals surface area (Å²) in [6.07, 6.45) is 9.56. The normalized spacial score (nSPS) is 19.1. The van der Waals surface area contributed by atoms with Crippen molar-refractivity contribution in [2.24, 2.45) is 0 Å². The average Bonchev–Trinajstić information content (AvgIpc) is 3.19. The monoisotopic (exact) mass is 413 g/mol. The van der Waals surface area contributed by atoms with Gasteiger partial charge in [0.2, 0.25) is 11.9 Å². The van der Waals surface area contributed by atoms with Crippen LogP contribution in [0.25, 0.3) is 5.69 Å². The van der Waals surface area contributed by atoms with Gasteiger partial charge in [-0.15, -0.1) is 10.2 Å². The molecule has 1 atom stereocenters. The summed E-state index contributed by atoms with van der Waals surface area (Å²) < 4.78 is 2.11. The SMILES string of the molecule is C[C@@H](Sc1nnc(N2CCCCC2)n1-c1ccccc1)C(=O)NC1CCCCC1. The third-order valence-electron chi connectivity index (χ3n) is 5.87. The third-order valence-corrected chi connectivity index (χ3v) is 6.92. The van der Waals surface area contributed by atoms with E-state index in [-0.39, 0.29) is 11.2 Å². The predicted octanol–water partition coefficient (Wildman–Crippen LogP) is 4.19. The van der Waals surface area contributed by atoms with Gasteiger partial charge in [0, 0.05) is 19.1 Å². The number of aromatic nitrogens is 3. The van der Waals surface area contributed by atoms with Crippen molar-refractivity contribution < 1.29 is 4.79 Å². The Balaban J connectivity index is 1.53. The number of rotatable bonds is 6. The highest BCUT2D eigenvalue weighted by Gasteiger charge is 2.26. The molecule has 2 aromatic rings. The molecule has 1 aliphatic carbocycles. The Bertz CT molecular complexity index is 797. The summed E-state index contributed by atoms with van der Waals surface area (Å²) in [4.78, 5) is 15.1. The quantitative estimate of drug-likeness (QED) is 0.720. The van der Waals surface area contributed by atoms with Gasteiger partial charge in [0.1, 0.15) is 0 Å². The number of hydrogen-bond donors (Lipinski definition) is 1. The molecule has 1 N–H and O–H groups in total. The van der Waals surface area contributed by atoms with Gasteiger partial charge in [-0.05, 0) is 51.2 Å². The lowest BCUT2D eigenvalue weighted by atomic mass is 9.95. The largest absolute Gasteiger partial charge is 0.352 e. The number of nitrogens with zero attached hydrogens (tertiary/aromatic N) is 4. The van der Waals surface area contributed by atoms with Gasteiger partial charge >= 0.3 is 0 Å². The van der Waals surface area contributed by atoms with Crippen LogP contribution in [0.4, 0.5) is 5.95 Å². The molecule has 7 heteroatoms. The van der Waals surface area contributed by atoms with Crippen LogP contribution >= 0.6 is 11.8 Å². The van der Waals surface area contributed by atoms with E-state index in [1.165, 1.54) is 50.3 Å². The van der Waals surface area contributed by atoms with Crippen molar-refractivity contribution >= 4 is 23.6 Å². The maximum Gasteiger partial charge on any atom is 0.233 e. The number of amides is 1. The van der Waals surface area contributed by atoms with Crippen molar-refractivity contribution in [1.82, 2.24) is 20.1 Å². The highest BCUT2D eigenvalue weighted by Crippen LogP contribution is 2.30. The van der Waals surface area contributed by atoms with E-state index in [2.05, 4.69) is 37.1 Å². The first-order valence-electron chi connectivity index (χ1n) is 10.9. The van der Waals surface area contributed by atoms with Crippen LogP contribution in [-0.2, 0) is 4.79 Å². The van der Waals surface area contributed by atoms with Crippen LogP contribution in [0, 0.1) is 0 Å². The standard InChI is InChI=1S/C22H31N5OS/c1-17(20(28)23-18-11-5-2-6-12-18)29-22-25-24-21(26-15-9-4-10-16-26)27(22)19-13-7-3-8-14-19/h3,7-8,13-14,17-18H,2,4-6,9-12,15-16H2,1H3,(H,23,28)/t17-/m1/s1. The van der Waals surface area contributed by atoms with E-state index in [1.54, 1.807) is 0 Å². The zero-order valence-electron chi connectivity index (χ0n) is 17.2. The molecule has 0 radical (unpaired) electrons. The molecule has 1 aromatic carbocycles. The van der Waals surface area contributed by atoms with E-state index >= 15 is 0 Å². The summed E-state index contributed by atoms with van der Waals surface area (Å²) in [6.45, 7) is 3.98. The van der Waals surface area contributed by atoms with Crippen LogP contribution in [-0.4, -0.2) is 45.1 Å². The molecule has 0 bridgehead atoms. The fourth-order valence-corrected chi connectivity index (χ4v) is 5.09. The Hall–Kier alpha value is -2.02. The number of anilines is 1. The molecule has 0 unspecified atom stereocenters. The fourth-order valence-electron chi connectivity index (χ4n) is 4.22. The van der Waals surface area contributed by atoms with E-state index in [1.807, 2.05) is 25.1 Å². The van der Waals surface area contributed by atoms with E-state index in [0.29, 0.717) is 6.04 Å². The lowest BCUT2D eigenvalue weighted by molar-refractivity contribution is -0.121. The van der Waals surface area contributed by atoms with E-state index < -0.39 is 0 Å².